The minimum absolute atomic E-state index is 0.388. The minimum Gasteiger partial charge on any atom is -0.381 e. The molecule has 3 heterocycles. The Bertz CT molecular complexity index is 574. The van der Waals surface area contributed by atoms with Crippen LogP contribution in [0.3, 0.4) is 0 Å². The fourth-order valence-electron chi connectivity index (χ4n) is 4.55. The molecule has 1 aromatic rings. The zero-order valence-electron chi connectivity index (χ0n) is 15.5. The number of rotatable bonds is 6. The van der Waals surface area contributed by atoms with E-state index in [1.165, 1.54) is 51.0 Å². The molecule has 2 saturated heterocycles. The van der Waals surface area contributed by atoms with Crippen LogP contribution in [0.25, 0.3) is 0 Å². The van der Waals surface area contributed by atoms with Gasteiger partial charge in [0.25, 0.3) is 0 Å². The quantitative estimate of drug-likeness (QED) is 0.798. The van der Waals surface area contributed by atoms with E-state index in [1.54, 1.807) is 0 Å². The van der Waals surface area contributed by atoms with Gasteiger partial charge in [0.1, 0.15) is 0 Å². The summed E-state index contributed by atoms with van der Waals surface area (Å²) in [6, 6.07) is 2.21. The number of hydrogen-bond donors (Lipinski definition) is 0. The number of hydrogen-bond acceptors (Lipinski definition) is 4. The highest BCUT2D eigenvalue weighted by Crippen LogP contribution is 2.39. The van der Waals surface area contributed by atoms with Crippen molar-refractivity contribution in [3.63, 3.8) is 0 Å². The Labute approximate surface area is 145 Å². The smallest absolute Gasteiger partial charge is 0.0597 e. The average Bonchev–Trinajstić information content (AvgIpc) is 3.26. The molecule has 1 spiro atoms. The van der Waals surface area contributed by atoms with Crippen LogP contribution in [0.15, 0.2) is 6.07 Å². The highest BCUT2D eigenvalue weighted by Gasteiger charge is 2.49. The Balaban J connectivity index is 1.28. The van der Waals surface area contributed by atoms with Crippen molar-refractivity contribution in [3.05, 3.63) is 17.5 Å². The van der Waals surface area contributed by atoms with Crippen LogP contribution in [0, 0.1) is 18.8 Å². The van der Waals surface area contributed by atoms with Crippen molar-refractivity contribution in [1.82, 2.24) is 19.6 Å². The van der Waals surface area contributed by atoms with Crippen LogP contribution in [0.1, 0.15) is 37.1 Å². The number of likely N-dealkylation sites (N-methyl/N-ethyl adjacent to an activating group) is 1. The first-order valence-electron chi connectivity index (χ1n) is 9.55. The van der Waals surface area contributed by atoms with Crippen LogP contribution < -0.4 is 0 Å². The number of piperidine rings is 1. The monoisotopic (exact) mass is 332 g/mol. The molecule has 0 radical (unpaired) electrons. The van der Waals surface area contributed by atoms with Crippen molar-refractivity contribution < 1.29 is 4.74 Å². The van der Waals surface area contributed by atoms with Crippen LogP contribution in [0.2, 0.25) is 0 Å². The van der Waals surface area contributed by atoms with Crippen molar-refractivity contribution in [2.75, 3.05) is 39.9 Å². The number of nitrogens with zero attached hydrogens (tertiary/aromatic N) is 4. The summed E-state index contributed by atoms with van der Waals surface area (Å²) in [5, 5.41) is 4.47. The molecule has 0 amide bonds. The van der Waals surface area contributed by atoms with Crippen molar-refractivity contribution in [3.8, 4) is 0 Å². The highest BCUT2D eigenvalue weighted by atomic mass is 16.5. The summed E-state index contributed by atoms with van der Waals surface area (Å²) >= 11 is 0. The van der Waals surface area contributed by atoms with E-state index in [0.717, 1.165) is 37.3 Å². The van der Waals surface area contributed by atoms with Gasteiger partial charge in [-0.1, -0.05) is 0 Å². The van der Waals surface area contributed by atoms with Crippen LogP contribution in [-0.2, 0) is 18.3 Å². The van der Waals surface area contributed by atoms with Crippen molar-refractivity contribution in [1.29, 1.82) is 0 Å². The van der Waals surface area contributed by atoms with Crippen LogP contribution in [0.5, 0.6) is 0 Å². The van der Waals surface area contributed by atoms with E-state index in [0.29, 0.717) is 5.54 Å². The molecule has 3 fully saturated rings. The molecule has 2 aliphatic heterocycles. The summed E-state index contributed by atoms with van der Waals surface area (Å²) < 4.78 is 8.02. The highest BCUT2D eigenvalue weighted by molar-refractivity contribution is 5.12. The summed E-state index contributed by atoms with van der Waals surface area (Å²) in [5.74, 6) is 1.63. The van der Waals surface area contributed by atoms with E-state index in [1.807, 2.05) is 4.68 Å². The lowest BCUT2D eigenvalue weighted by Crippen LogP contribution is -2.71. The predicted molar refractivity (Wildman–Crippen MR) is 94.9 cm³/mol. The number of aryl methyl sites for hydroxylation is 2. The summed E-state index contributed by atoms with van der Waals surface area (Å²) in [5.41, 5.74) is 2.83. The molecule has 1 unspecified atom stereocenters. The zero-order chi connectivity index (χ0) is 16.7. The van der Waals surface area contributed by atoms with Gasteiger partial charge in [-0.15, -0.1) is 0 Å². The Kier molecular flexibility index (Phi) is 4.43. The number of likely N-dealkylation sites (tertiary alicyclic amines) is 2. The van der Waals surface area contributed by atoms with E-state index in [4.69, 9.17) is 4.74 Å². The largest absolute Gasteiger partial charge is 0.381 e. The maximum absolute atomic E-state index is 5.99. The van der Waals surface area contributed by atoms with E-state index in [2.05, 4.69) is 42.0 Å². The molecule has 0 bridgehead atoms. The number of aromatic nitrogens is 2. The maximum Gasteiger partial charge on any atom is 0.0597 e. The Morgan fingerprint density at radius 3 is 2.58 bits per heavy atom. The maximum atomic E-state index is 5.99. The molecule has 1 atom stereocenters. The van der Waals surface area contributed by atoms with Crippen LogP contribution in [-0.4, -0.2) is 65.0 Å². The first kappa shape index (κ1) is 16.6. The van der Waals surface area contributed by atoms with Gasteiger partial charge in [0.05, 0.1) is 11.4 Å². The standard InChI is InChI=1S/C19H32N4O/c1-15-8-18(22(3)20-15)10-23-13-19(14-23)9-17(6-7-21(19)2)12-24-11-16-4-5-16/h8,16-17H,4-7,9-14H2,1-3H3. The van der Waals surface area contributed by atoms with E-state index < -0.39 is 0 Å². The number of ether oxygens (including phenoxy) is 1. The van der Waals surface area contributed by atoms with Crippen LogP contribution in [0.4, 0.5) is 0 Å². The second-order valence-electron chi connectivity index (χ2n) is 8.53. The molecule has 1 saturated carbocycles. The molecule has 1 aromatic heterocycles. The third-order valence-electron chi connectivity index (χ3n) is 6.28. The lowest BCUT2D eigenvalue weighted by atomic mass is 9.75. The molecule has 1 aliphatic carbocycles. The normalized spacial score (nSPS) is 27.5. The second kappa shape index (κ2) is 6.43. The van der Waals surface area contributed by atoms with Crippen molar-refractivity contribution >= 4 is 0 Å². The Morgan fingerprint density at radius 1 is 1.17 bits per heavy atom. The lowest BCUT2D eigenvalue weighted by Gasteiger charge is -2.58. The Hall–Kier alpha value is -0.910. The molecule has 5 nitrogen and oxygen atoms in total. The fourth-order valence-corrected chi connectivity index (χ4v) is 4.55. The lowest BCUT2D eigenvalue weighted by molar-refractivity contribution is -0.0936. The van der Waals surface area contributed by atoms with Crippen molar-refractivity contribution in [2.45, 2.75) is 44.7 Å². The SMILES string of the molecule is Cc1cc(CN2CC3(CC(COCC4CC4)CCN3C)C2)n(C)n1. The minimum atomic E-state index is 0.388. The first-order chi connectivity index (χ1) is 11.5. The molecule has 5 heteroatoms. The van der Waals surface area contributed by atoms with Gasteiger partial charge < -0.3 is 4.74 Å². The van der Waals surface area contributed by atoms with Crippen molar-refractivity contribution in [2.24, 2.45) is 18.9 Å². The molecule has 0 aromatic carbocycles. The van der Waals surface area contributed by atoms with Gasteiger partial charge in [-0.05, 0) is 64.1 Å². The summed E-state index contributed by atoms with van der Waals surface area (Å²) in [7, 11) is 4.37. The second-order valence-corrected chi connectivity index (χ2v) is 8.53. The fraction of sp³-hybridized carbons (Fsp3) is 0.842. The van der Waals surface area contributed by atoms with Gasteiger partial charge in [-0.3, -0.25) is 14.5 Å². The first-order valence-corrected chi connectivity index (χ1v) is 9.55. The summed E-state index contributed by atoms with van der Waals surface area (Å²) in [4.78, 5) is 5.18. The molecular formula is C19H32N4O. The van der Waals surface area contributed by atoms with E-state index in [-0.39, 0.29) is 0 Å². The zero-order valence-corrected chi connectivity index (χ0v) is 15.5. The van der Waals surface area contributed by atoms with Gasteiger partial charge in [-0.25, -0.2) is 0 Å². The molecular weight excluding hydrogens is 300 g/mol. The van der Waals surface area contributed by atoms with E-state index in [9.17, 15) is 0 Å². The van der Waals surface area contributed by atoms with Gasteiger partial charge >= 0.3 is 0 Å². The third-order valence-corrected chi connectivity index (χ3v) is 6.28. The molecule has 134 valence electrons. The average molecular weight is 332 g/mol. The van der Waals surface area contributed by atoms with Gasteiger partial charge in [-0.2, -0.15) is 5.10 Å². The van der Waals surface area contributed by atoms with Crippen LogP contribution >= 0.6 is 0 Å². The van der Waals surface area contributed by atoms with E-state index >= 15 is 0 Å². The molecule has 24 heavy (non-hydrogen) atoms. The van der Waals surface area contributed by atoms with Gasteiger partial charge in [0.15, 0.2) is 0 Å². The summed E-state index contributed by atoms with van der Waals surface area (Å²) in [6.45, 7) is 8.67. The summed E-state index contributed by atoms with van der Waals surface area (Å²) in [6.07, 6.45) is 5.37. The molecule has 0 N–H and O–H groups in total. The molecule has 3 aliphatic rings. The Morgan fingerprint density at radius 2 is 1.92 bits per heavy atom. The third kappa shape index (κ3) is 3.39. The topological polar surface area (TPSA) is 33.5 Å². The predicted octanol–water partition coefficient (Wildman–Crippen LogP) is 2.05. The molecule has 4 rings (SSSR count). The van der Waals surface area contributed by atoms with Gasteiger partial charge in [0, 0.05) is 45.4 Å². The van der Waals surface area contributed by atoms with Gasteiger partial charge in [0.2, 0.25) is 0 Å².